The molecule has 3 rings (SSSR count). The number of aromatic nitrogens is 4. The van der Waals surface area contributed by atoms with Crippen molar-refractivity contribution in [3.8, 4) is 5.75 Å². The summed E-state index contributed by atoms with van der Waals surface area (Å²) in [4.78, 5) is 27.7. The van der Waals surface area contributed by atoms with Crippen molar-refractivity contribution in [2.45, 2.75) is 39.2 Å². The molecule has 0 bridgehead atoms. The monoisotopic (exact) mass is 324 g/mol. The number of hydrogen-bond donors (Lipinski definition) is 1. The zero-order valence-corrected chi connectivity index (χ0v) is 13.7. The first-order valence-electron chi connectivity index (χ1n) is 8.17. The molecule has 0 aliphatic carbocycles. The average Bonchev–Trinajstić information content (AvgIpc) is 2.61. The number of benzene rings is 1. The van der Waals surface area contributed by atoms with Crippen LogP contribution in [0.3, 0.4) is 0 Å². The summed E-state index contributed by atoms with van der Waals surface area (Å²) in [7, 11) is 0. The van der Waals surface area contributed by atoms with Gasteiger partial charge in [0.2, 0.25) is 0 Å². The molecule has 24 heavy (non-hydrogen) atoms. The minimum Gasteiger partial charge on any atom is -0.487 e. The van der Waals surface area contributed by atoms with Gasteiger partial charge in [0.25, 0.3) is 5.56 Å². The van der Waals surface area contributed by atoms with E-state index in [2.05, 4.69) is 26.9 Å². The van der Waals surface area contributed by atoms with Crippen LogP contribution >= 0.6 is 0 Å². The summed E-state index contributed by atoms with van der Waals surface area (Å²) in [5.41, 5.74) is 2.67. The summed E-state index contributed by atoms with van der Waals surface area (Å²) in [5, 5.41) is 0. The molecule has 2 aromatic heterocycles. The smallest absolute Gasteiger partial charge is 0.270 e. The highest BCUT2D eigenvalue weighted by Gasteiger charge is 2.06. The third-order valence-corrected chi connectivity index (χ3v) is 3.75. The zero-order chi connectivity index (χ0) is 16.8. The number of aromatic amines is 1. The Kier molecular flexibility index (Phi) is 5.15. The van der Waals surface area contributed by atoms with Gasteiger partial charge in [-0.2, -0.15) is 0 Å². The Morgan fingerprint density at radius 2 is 2.12 bits per heavy atom. The van der Waals surface area contributed by atoms with Crippen molar-refractivity contribution in [2.24, 2.45) is 0 Å². The third kappa shape index (κ3) is 3.95. The van der Waals surface area contributed by atoms with E-state index >= 15 is 0 Å². The molecule has 0 unspecified atom stereocenters. The molecule has 6 nitrogen and oxygen atoms in total. The van der Waals surface area contributed by atoms with Crippen LogP contribution in [0.15, 0.2) is 41.6 Å². The van der Waals surface area contributed by atoms with Gasteiger partial charge in [-0.15, -0.1) is 0 Å². The number of hydrogen-bond acceptors (Lipinski definition) is 5. The van der Waals surface area contributed by atoms with Crippen molar-refractivity contribution in [3.05, 3.63) is 58.5 Å². The third-order valence-electron chi connectivity index (χ3n) is 3.75. The Bertz CT molecular complexity index is 862. The Morgan fingerprint density at radius 1 is 1.21 bits per heavy atom. The lowest BCUT2D eigenvalue weighted by molar-refractivity contribution is 0.301. The average molecular weight is 324 g/mol. The minimum absolute atomic E-state index is 0.121. The normalized spacial score (nSPS) is 10.9. The van der Waals surface area contributed by atoms with Crippen molar-refractivity contribution in [3.63, 3.8) is 0 Å². The largest absolute Gasteiger partial charge is 0.487 e. The Morgan fingerprint density at radius 3 is 2.92 bits per heavy atom. The van der Waals surface area contributed by atoms with Crippen molar-refractivity contribution in [1.29, 1.82) is 0 Å². The molecule has 0 fully saturated rings. The van der Waals surface area contributed by atoms with Gasteiger partial charge >= 0.3 is 0 Å². The maximum atomic E-state index is 12.1. The van der Waals surface area contributed by atoms with Gasteiger partial charge in [-0.25, -0.2) is 4.98 Å². The predicted molar refractivity (Wildman–Crippen MR) is 92.0 cm³/mol. The molecule has 0 radical (unpaired) electrons. The van der Waals surface area contributed by atoms with E-state index in [1.54, 1.807) is 24.7 Å². The van der Waals surface area contributed by atoms with E-state index in [4.69, 9.17) is 4.74 Å². The van der Waals surface area contributed by atoms with Crippen LogP contribution < -0.4 is 10.3 Å². The van der Waals surface area contributed by atoms with Gasteiger partial charge in [-0.3, -0.25) is 14.8 Å². The molecule has 6 heteroatoms. The standard InChI is InChI=1S/C18H20N4O2/c1-2-3-4-5-16-18(23)22-17-10-14(6-7-15(17)21-16)24-12-13-11-19-8-9-20-13/h6-11H,2-5,12H2,1H3,(H,22,23). The Hall–Kier alpha value is -2.76. The molecule has 0 aliphatic rings. The van der Waals surface area contributed by atoms with Crippen molar-refractivity contribution in [1.82, 2.24) is 19.9 Å². The van der Waals surface area contributed by atoms with Crippen LogP contribution in [0.25, 0.3) is 11.0 Å². The maximum absolute atomic E-state index is 12.1. The van der Waals surface area contributed by atoms with E-state index in [0.717, 1.165) is 30.5 Å². The molecule has 0 saturated carbocycles. The maximum Gasteiger partial charge on any atom is 0.270 e. The van der Waals surface area contributed by atoms with Crippen LogP contribution in [-0.4, -0.2) is 19.9 Å². The second kappa shape index (κ2) is 7.68. The van der Waals surface area contributed by atoms with Crippen LogP contribution in [-0.2, 0) is 13.0 Å². The summed E-state index contributed by atoms with van der Waals surface area (Å²) in [6, 6.07) is 5.50. The highest BCUT2D eigenvalue weighted by molar-refractivity contribution is 5.75. The summed E-state index contributed by atoms with van der Waals surface area (Å²) >= 11 is 0. The van der Waals surface area contributed by atoms with E-state index in [1.165, 1.54) is 0 Å². The Labute approximate surface area is 140 Å². The van der Waals surface area contributed by atoms with Crippen molar-refractivity contribution < 1.29 is 4.74 Å². The molecule has 1 aromatic carbocycles. The number of nitrogens with one attached hydrogen (secondary N) is 1. The van der Waals surface area contributed by atoms with Crippen LogP contribution in [0.1, 0.15) is 37.6 Å². The molecule has 0 saturated heterocycles. The molecule has 3 aromatic rings. The van der Waals surface area contributed by atoms with E-state index in [9.17, 15) is 4.79 Å². The van der Waals surface area contributed by atoms with Gasteiger partial charge in [-0.1, -0.05) is 19.8 Å². The van der Waals surface area contributed by atoms with E-state index < -0.39 is 0 Å². The highest BCUT2D eigenvalue weighted by atomic mass is 16.5. The van der Waals surface area contributed by atoms with Crippen molar-refractivity contribution >= 4 is 11.0 Å². The van der Waals surface area contributed by atoms with Crippen LogP contribution in [0, 0.1) is 0 Å². The topological polar surface area (TPSA) is 80.8 Å². The minimum atomic E-state index is -0.121. The quantitative estimate of drug-likeness (QED) is 0.676. The lowest BCUT2D eigenvalue weighted by atomic mass is 10.1. The molecular weight excluding hydrogens is 304 g/mol. The second-order valence-electron chi connectivity index (χ2n) is 5.63. The van der Waals surface area contributed by atoms with Gasteiger partial charge in [0.05, 0.1) is 22.9 Å². The first-order chi connectivity index (χ1) is 11.8. The number of ether oxygens (including phenoxy) is 1. The molecular formula is C18H20N4O2. The number of nitrogens with zero attached hydrogens (tertiary/aromatic N) is 3. The van der Waals surface area contributed by atoms with Crippen molar-refractivity contribution in [2.75, 3.05) is 0 Å². The van der Waals surface area contributed by atoms with Crippen LogP contribution in [0.5, 0.6) is 5.75 Å². The lowest BCUT2D eigenvalue weighted by Gasteiger charge is -2.07. The highest BCUT2D eigenvalue weighted by Crippen LogP contribution is 2.18. The summed E-state index contributed by atoms with van der Waals surface area (Å²) in [5.74, 6) is 0.657. The van der Waals surface area contributed by atoms with Gasteiger partial charge in [-0.05, 0) is 25.0 Å². The van der Waals surface area contributed by atoms with E-state index in [0.29, 0.717) is 30.0 Å². The van der Waals surface area contributed by atoms with Gasteiger partial charge in [0.1, 0.15) is 18.1 Å². The molecule has 0 aliphatic heterocycles. The molecule has 1 N–H and O–H groups in total. The first kappa shape index (κ1) is 16.1. The lowest BCUT2D eigenvalue weighted by Crippen LogP contribution is -2.15. The van der Waals surface area contributed by atoms with E-state index in [-0.39, 0.29) is 5.56 Å². The molecule has 0 atom stereocenters. The molecule has 0 spiro atoms. The number of fused-ring (bicyclic) bond motifs is 1. The molecule has 2 heterocycles. The number of aryl methyl sites for hydroxylation is 1. The van der Waals surface area contributed by atoms with Crippen LogP contribution in [0.2, 0.25) is 0 Å². The van der Waals surface area contributed by atoms with Gasteiger partial charge < -0.3 is 9.72 Å². The number of H-pyrrole nitrogens is 1. The number of rotatable bonds is 7. The van der Waals surface area contributed by atoms with Gasteiger partial charge in [0, 0.05) is 18.5 Å². The second-order valence-corrected chi connectivity index (χ2v) is 5.63. The first-order valence-corrected chi connectivity index (χ1v) is 8.17. The SMILES string of the molecule is CCCCCc1nc2ccc(OCc3cnccn3)cc2[nH]c1=O. The fraction of sp³-hybridized carbons (Fsp3) is 0.333. The Balaban J connectivity index is 1.76. The molecule has 124 valence electrons. The fourth-order valence-corrected chi connectivity index (χ4v) is 2.47. The van der Waals surface area contributed by atoms with E-state index in [1.807, 2.05) is 12.1 Å². The van der Waals surface area contributed by atoms with Gasteiger partial charge in [0.15, 0.2) is 0 Å². The summed E-state index contributed by atoms with van der Waals surface area (Å²) in [6.45, 7) is 2.46. The summed E-state index contributed by atoms with van der Waals surface area (Å²) < 4.78 is 5.70. The fourth-order valence-electron chi connectivity index (χ4n) is 2.47. The predicted octanol–water partition coefficient (Wildman–Crippen LogP) is 3.02. The number of unbranched alkanes of at least 4 members (excludes halogenated alkanes) is 2. The summed E-state index contributed by atoms with van der Waals surface area (Å²) in [6.07, 6.45) is 8.83. The van der Waals surface area contributed by atoms with Crippen LogP contribution in [0.4, 0.5) is 0 Å². The zero-order valence-electron chi connectivity index (χ0n) is 13.7. The molecule has 0 amide bonds.